The van der Waals surface area contributed by atoms with Crippen molar-refractivity contribution in [1.29, 1.82) is 0 Å². The minimum Gasteiger partial charge on any atom is -0.481 e. The van der Waals surface area contributed by atoms with Crippen LogP contribution in [-0.2, 0) is 14.4 Å². The van der Waals surface area contributed by atoms with Crippen molar-refractivity contribution < 1.29 is 29.7 Å². The Balaban J connectivity index is 1.82. The van der Waals surface area contributed by atoms with E-state index in [1.807, 2.05) is 12.2 Å². The lowest BCUT2D eigenvalue weighted by Crippen LogP contribution is -2.70. The van der Waals surface area contributed by atoms with Crippen molar-refractivity contribution >= 4 is 17.7 Å². The number of hydrogen-bond donors (Lipinski definition) is 3. The van der Waals surface area contributed by atoms with Gasteiger partial charge < -0.3 is 15.3 Å². The predicted molar refractivity (Wildman–Crippen MR) is 112 cm³/mol. The Kier molecular flexibility index (Phi) is 4.11. The molecule has 6 rings (SSSR count). The van der Waals surface area contributed by atoms with E-state index in [0.29, 0.717) is 19.3 Å². The first-order chi connectivity index (χ1) is 14.5. The molecule has 0 aromatic carbocycles. The summed E-state index contributed by atoms with van der Waals surface area (Å²) in [5, 5.41) is 31.4. The van der Waals surface area contributed by atoms with Gasteiger partial charge in [0.05, 0.1) is 17.9 Å². The second-order valence-corrected chi connectivity index (χ2v) is 11.3. The fraction of sp³-hybridized carbons (Fsp3) is 0.720. The van der Waals surface area contributed by atoms with Gasteiger partial charge in [0.15, 0.2) is 0 Å². The zero-order valence-electron chi connectivity index (χ0n) is 18.4. The summed E-state index contributed by atoms with van der Waals surface area (Å²) in [6.07, 6.45) is 9.16. The number of rotatable bonds is 3. The number of carboxylic acid groups (broad SMARTS) is 2. The van der Waals surface area contributed by atoms with E-state index in [4.69, 9.17) is 0 Å². The zero-order valence-corrected chi connectivity index (χ0v) is 18.4. The van der Waals surface area contributed by atoms with Crippen molar-refractivity contribution in [3.05, 3.63) is 23.8 Å². The number of Topliss-reactive ketones (excluding diaryl/α,β-unsaturated/α-hetero) is 1. The highest BCUT2D eigenvalue weighted by molar-refractivity contribution is 5.86. The van der Waals surface area contributed by atoms with E-state index in [9.17, 15) is 29.7 Å². The Labute approximate surface area is 182 Å². The van der Waals surface area contributed by atoms with Crippen molar-refractivity contribution in [1.82, 2.24) is 0 Å². The van der Waals surface area contributed by atoms with Gasteiger partial charge in [-0.25, -0.2) is 0 Å². The Morgan fingerprint density at radius 3 is 2.29 bits per heavy atom. The lowest BCUT2D eigenvalue weighted by molar-refractivity contribution is -0.195. The highest BCUT2D eigenvalue weighted by atomic mass is 16.4. The lowest BCUT2D eigenvalue weighted by atomic mass is 9.30. The van der Waals surface area contributed by atoms with E-state index >= 15 is 0 Å². The normalized spacial score (nSPS) is 52.0. The van der Waals surface area contributed by atoms with E-state index < -0.39 is 46.1 Å². The summed E-state index contributed by atoms with van der Waals surface area (Å²) >= 11 is 0. The second-order valence-electron chi connectivity index (χ2n) is 11.3. The maximum atomic E-state index is 12.8. The first kappa shape index (κ1) is 20.9. The van der Waals surface area contributed by atoms with Crippen LogP contribution in [-0.4, -0.2) is 39.1 Å². The van der Waals surface area contributed by atoms with Gasteiger partial charge in [-0.2, -0.15) is 0 Å². The molecular weight excluding hydrogens is 396 g/mol. The smallest absolute Gasteiger partial charge is 0.308 e. The van der Waals surface area contributed by atoms with Crippen LogP contribution < -0.4 is 0 Å². The molecule has 6 nitrogen and oxygen atoms in total. The highest BCUT2D eigenvalue weighted by Gasteiger charge is 2.77. The largest absolute Gasteiger partial charge is 0.481 e. The van der Waals surface area contributed by atoms with Gasteiger partial charge in [0.1, 0.15) is 5.78 Å². The standard InChI is InChI=1S/C25H32O6/c1-13(26)15-4-5-16-22(15,2)8-7-17-23(3)9-6-14(27)12-24(23)10-11-25(16,17)19(21(30)31)18(24)20(28)29/h7,10-11,14-16,18-19,27H,4-6,8-9,12H2,1-3H3,(H,28,29)(H,30,31)/t14-,15-,16-,18+,19+,22-,23+,24+,25+/m1/s1. The van der Waals surface area contributed by atoms with Gasteiger partial charge in [0, 0.05) is 16.7 Å². The number of aliphatic hydroxyl groups is 1. The number of carboxylic acids is 2. The molecule has 6 aliphatic rings. The van der Waals surface area contributed by atoms with Crippen molar-refractivity contribution in [2.75, 3.05) is 0 Å². The molecule has 6 heteroatoms. The molecule has 0 radical (unpaired) electrons. The third-order valence-corrected chi connectivity index (χ3v) is 10.4. The van der Waals surface area contributed by atoms with E-state index in [0.717, 1.165) is 18.4 Å². The molecule has 0 saturated heterocycles. The SMILES string of the molecule is CC(=O)[C@H]1CC[C@@H]2[C@]1(C)CC=C1[C@]23C=C[C@]2(C[C@H](O)CC[C@@]12C)[C@H](C(=O)O)[C@H]3C(=O)O. The Morgan fingerprint density at radius 1 is 1.00 bits per heavy atom. The average Bonchev–Trinajstić information content (AvgIpc) is 3.04. The minimum absolute atomic E-state index is 0.0879. The first-order valence-corrected chi connectivity index (χ1v) is 11.5. The number of allylic oxidation sites excluding steroid dienone is 4. The van der Waals surface area contributed by atoms with E-state index in [1.54, 1.807) is 6.92 Å². The van der Waals surface area contributed by atoms with Gasteiger partial charge in [0.25, 0.3) is 0 Å². The molecule has 9 atom stereocenters. The van der Waals surface area contributed by atoms with Gasteiger partial charge in [0.2, 0.25) is 0 Å². The maximum absolute atomic E-state index is 12.8. The fourth-order valence-electron chi connectivity index (χ4n) is 9.24. The van der Waals surface area contributed by atoms with E-state index in [2.05, 4.69) is 19.9 Å². The number of aliphatic hydroxyl groups excluding tert-OH is 1. The van der Waals surface area contributed by atoms with Crippen molar-refractivity contribution in [3.8, 4) is 0 Å². The zero-order chi connectivity index (χ0) is 22.6. The number of carbonyl (C=O) groups is 3. The molecule has 6 aliphatic carbocycles. The molecule has 2 spiro atoms. The van der Waals surface area contributed by atoms with Crippen LogP contribution in [0.25, 0.3) is 0 Å². The topological polar surface area (TPSA) is 112 Å². The molecule has 3 fully saturated rings. The molecule has 31 heavy (non-hydrogen) atoms. The molecule has 3 saturated carbocycles. The van der Waals surface area contributed by atoms with Crippen LogP contribution in [0, 0.1) is 45.3 Å². The van der Waals surface area contributed by atoms with Gasteiger partial charge in [-0.15, -0.1) is 0 Å². The summed E-state index contributed by atoms with van der Waals surface area (Å²) in [5.74, 6) is -4.47. The van der Waals surface area contributed by atoms with E-state index in [1.165, 1.54) is 0 Å². The highest BCUT2D eigenvalue weighted by Crippen LogP contribution is 2.79. The molecule has 0 heterocycles. The second kappa shape index (κ2) is 6.09. The van der Waals surface area contributed by atoms with Crippen LogP contribution in [0.15, 0.2) is 23.8 Å². The van der Waals surface area contributed by atoms with Crippen LogP contribution in [0.5, 0.6) is 0 Å². The molecule has 168 valence electrons. The number of aliphatic carboxylic acids is 2. The van der Waals surface area contributed by atoms with Crippen molar-refractivity contribution in [2.45, 2.75) is 65.4 Å². The summed E-state index contributed by atoms with van der Waals surface area (Å²) in [7, 11) is 0. The molecular formula is C25H32O6. The number of fused-ring (bicyclic) bond motifs is 2. The number of ketones is 1. The quantitative estimate of drug-likeness (QED) is 0.594. The molecule has 0 aliphatic heterocycles. The molecule has 2 bridgehead atoms. The summed E-state index contributed by atoms with van der Waals surface area (Å²) in [5.41, 5.74) is -1.64. The molecule has 0 amide bonds. The maximum Gasteiger partial charge on any atom is 0.308 e. The molecule has 0 unspecified atom stereocenters. The number of hydrogen-bond acceptors (Lipinski definition) is 4. The molecule has 0 aromatic heterocycles. The predicted octanol–water partition coefficient (Wildman–Crippen LogP) is 3.45. The van der Waals surface area contributed by atoms with Gasteiger partial charge in [-0.3, -0.25) is 14.4 Å². The fourth-order valence-corrected chi connectivity index (χ4v) is 9.24. The Hall–Kier alpha value is -1.95. The van der Waals surface area contributed by atoms with Gasteiger partial charge in [-0.05, 0) is 62.2 Å². The Bertz CT molecular complexity index is 950. The summed E-state index contributed by atoms with van der Waals surface area (Å²) in [4.78, 5) is 38.0. The van der Waals surface area contributed by atoms with Crippen LogP contribution in [0.1, 0.15) is 59.3 Å². The van der Waals surface area contributed by atoms with Crippen molar-refractivity contribution in [2.24, 2.45) is 45.3 Å². The summed E-state index contributed by atoms with van der Waals surface area (Å²) in [6, 6.07) is 0. The van der Waals surface area contributed by atoms with Crippen LogP contribution in [0.4, 0.5) is 0 Å². The van der Waals surface area contributed by atoms with Gasteiger partial charge >= 0.3 is 11.9 Å². The molecule has 0 aromatic rings. The monoisotopic (exact) mass is 428 g/mol. The summed E-state index contributed by atoms with van der Waals surface area (Å²) < 4.78 is 0. The first-order valence-electron chi connectivity index (χ1n) is 11.5. The third kappa shape index (κ3) is 2.15. The average molecular weight is 429 g/mol. The minimum atomic E-state index is -1.11. The third-order valence-electron chi connectivity index (χ3n) is 10.4. The lowest BCUT2D eigenvalue weighted by Gasteiger charge is -2.72. The van der Waals surface area contributed by atoms with Crippen LogP contribution >= 0.6 is 0 Å². The van der Waals surface area contributed by atoms with Crippen LogP contribution in [0.3, 0.4) is 0 Å². The number of carbonyl (C=O) groups excluding carboxylic acids is 1. The Morgan fingerprint density at radius 2 is 1.68 bits per heavy atom. The van der Waals surface area contributed by atoms with Gasteiger partial charge in [-0.1, -0.05) is 37.6 Å². The van der Waals surface area contributed by atoms with E-state index in [-0.39, 0.29) is 29.5 Å². The van der Waals surface area contributed by atoms with Crippen LogP contribution in [0.2, 0.25) is 0 Å². The summed E-state index contributed by atoms with van der Waals surface area (Å²) in [6.45, 7) is 5.82. The molecule has 3 N–H and O–H groups in total. The van der Waals surface area contributed by atoms with Crippen molar-refractivity contribution in [3.63, 3.8) is 0 Å².